The number of hydrogen-bond acceptors (Lipinski definition) is 3. The van der Waals surface area contributed by atoms with Crippen molar-refractivity contribution in [1.29, 1.82) is 0 Å². The molecule has 1 atom stereocenters. The Morgan fingerprint density at radius 1 is 1.67 bits per heavy atom. The fourth-order valence-corrected chi connectivity index (χ4v) is 2.48. The van der Waals surface area contributed by atoms with Gasteiger partial charge in [0.25, 0.3) is 5.91 Å². The molecule has 1 aliphatic rings. The van der Waals surface area contributed by atoms with E-state index in [1.165, 1.54) is 0 Å². The van der Waals surface area contributed by atoms with E-state index in [0.29, 0.717) is 16.6 Å². The van der Waals surface area contributed by atoms with Gasteiger partial charge < -0.3 is 10.4 Å². The molecule has 0 bridgehead atoms. The summed E-state index contributed by atoms with van der Waals surface area (Å²) in [6, 6.07) is 0.0778. The van der Waals surface area contributed by atoms with Crippen molar-refractivity contribution in [2.75, 3.05) is 0 Å². The van der Waals surface area contributed by atoms with Gasteiger partial charge in [-0.1, -0.05) is 18.5 Å². The number of aryl methyl sites for hydroxylation is 1. The fraction of sp³-hybridized carbons (Fsp3) is 0.667. The molecule has 0 aliphatic heterocycles. The molecule has 1 aromatic rings. The van der Waals surface area contributed by atoms with E-state index >= 15 is 0 Å². The molecule has 1 aliphatic carbocycles. The average Bonchev–Trinajstić information content (AvgIpc) is 2.63. The molecule has 1 saturated carbocycles. The zero-order valence-electron chi connectivity index (χ0n) is 10.5. The van der Waals surface area contributed by atoms with Crippen LogP contribution < -0.4 is 5.32 Å². The van der Waals surface area contributed by atoms with Crippen molar-refractivity contribution in [1.82, 2.24) is 15.5 Å². The third-order valence-electron chi connectivity index (χ3n) is 3.56. The minimum atomic E-state index is -0.252. The number of aromatic amines is 1. The lowest BCUT2D eigenvalue weighted by Crippen LogP contribution is -2.46. The Labute approximate surface area is 111 Å². The first-order chi connectivity index (χ1) is 8.52. The number of amides is 1. The summed E-state index contributed by atoms with van der Waals surface area (Å²) in [5, 5.41) is 19.2. The zero-order valence-corrected chi connectivity index (χ0v) is 11.3. The van der Waals surface area contributed by atoms with Crippen LogP contribution in [-0.4, -0.2) is 33.4 Å². The summed E-state index contributed by atoms with van der Waals surface area (Å²) in [6.07, 6.45) is 2.14. The van der Waals surface area contributed by atoms with Crippen molar-refractivity contribution in [3.05, 3.63) is 16.4 Å². The van der Waals surface area contributed by atoms with Gasteiger partial charge in [-0.15, -0.1) is 0 Å². The number of carbonyl (C=O) groups is 1. The number of aliphatic hydroxyl groups is 1. The summed E-state index contributed by atoms with van der Waals surface area (Å²) in [7, 11) is 0. The molecule has 1 heterocycles. The van der Waals surface area contributed by atoms with Gasteiger partial charge in [-0.05, 0) is 32.1 Å². The lowest BCUT2D eigenvalue weighted by atomic mass is 9.76. The Kier molecular flexibility index (Phi) is 3.92. The Hall–Kier alpha value is -1.07. The Morgan fingerprint density at radius 3 is 2.78 bits per heavy atom. The summed E-state index contributed by atoms with van der Waals surface area (Å²) < 4.78 is 0. The molecule has 0 unspecified atom stereocenters. The van der Waals surface area contributed by atoms with Gasteiger partial charge in [0.15, 0.2) is 5.69 Å². The first-order valence-corrected chi connectivity index (χ1v) is 6.60. The van der Waals surface area contributed by atoms with E-state index in [2.05, 4.69) is 15.5 Å². The quantitative estimate of drug-likeness (QED) is 0.779. The number of nitrogens with one attached hydrogen (secondary N) is 2. The van der Waals surface area contributed by atoms with Gasteiger partial charge in [-0.2, -0.15) is 5.10 Å². The number of aromatic nitrogens is 2. The van der Waals surface area contributed by atoms with Crippen LogP contribution >= 0.6 is 11.6 Å². The van der Waals surface area contributed by atoms with Crippen LogP contribution in [0.1, 0.15) is 42.4 Å². The van der Waals surface area contributed by atoms with Crippen molar-refractivity contribution < 1.29 is 9.90 Å². The van der Waals surface area contributed by atoms with E-state index in [0.717, 1.165) is 19.3 Å². The summed E-state index contributed by atoms with van der Waals surface area (Å²) in [5.41, 5.74) is 0.932. The molecule has 2 rings (SSSR count). The van der Waals surface area contributed by atoms with Crippen molar-refractivity contribution in [3.63, 3.8) is 0 Å². The molecule has 3 N–H and O–H groups in total. The molecule has 1 aromatic heterocycles. The lowest BCUT2D eigenvalue weighted by molar-refractivity contribution is 0.0232. The molecule has 0 spiro atoms. The van der Waals surface area contributed by atoms with Crippen LogP contribution in [0.15, 0.2) is 0 Å². The summed E-state index contributed by atoms with van der Waals surface area (Å²) in [4.78, 5) is 12.0. The molecule has 6 heteroatoms. The van der Waals surface area contributed by atoms with Gasteiger partial charge in [-0.3, -0.25) is 9.89 Å². The normalized spacial score (nSPS) is 24.4. The van der Waals surface area contributed by atoms with Gasteiger partial charge in [0.1, 0.15) is 0 Å². The molecule has 18 heavy (non-hydrogen) atoms. The molecule has 0 saturated heterocycles. The van der Waals surface area contributed by atoms with Crippen LogP contribution in [0.25, 0.3) is 0 Å². The number of H-pyrrole nitrogens is 1. The molecule has 0 radical (unpaired) electrons. The maximum Gasteiger partial charge on any atom is 0.273 e. The molecular weight excluding hydrogens is 254 g/mol. The SMILES string of the molecule is CC[C@@H](NC(=O)c1n[nH]c(C)c1Cl)C1CC(O)C1. The second-order valence-corrected chi connectivity index (χ2v) is 5.26. The number of halogens is 1. The number of hydrogen-bond donors (Lipinski definition) is 3. The van der Waals surface area contributed by atoms with E-state index in [9.17, 15) is 9.90 Å². The minimum Gasteiger partial charge on any atom is -0.393 e. The number of carbonyl (C=O) groups excluding carboxylic acids is 1. The Morgan fingerprint density at radius 2 is 2.33 bits per heavy atom. The fourth-order valence-electron chi connectivity index (χ4n) is 2.31. The lowest BCUT2D eigenvalue weighted by Gasteiger charge is -2.37. The first-order valence-electron chi connectivity index (χ1n) is 6.22. The predicted molar refractivity (Wildman–Crippen MR) is 68.6 cm³/mol. The van der Waals surface area contributed by atoms with Gasteiger partial charge in [0.05, 0.1) is 16.8 Å². The standard InChI is InChI=1S/C12H18ClN3O2/c1-3-9(7-4-8(17)5-7)14-12(18)11-10(13)6(2)15-16-11/h7-9,17H,3-5H2,1-2H3,(H,14,18)(H,15,16)/t7?,8?,9-/m1/s1. The highest BCUT2D eigenvalue weighted by Gasteiger charge is 2.34. The molecule has 100 valence electrons. The third kappa shape index (κ3) is 2.52. The second kappa shape index (κ2) is 5.28. The average molecular weight is 272 g/mol. The second-order valence-electron chi connectivity index (χ2n) is 4.88. The van der Waals surface area contributed by atoms with Gasteiger partial charge in [0.2, 0.25) is 0 Å². The predicted octanol–water partition coefficient (Wildman–Crippen LogP) is 1.65. The van der Waals surface area contributed by atoms with E-state index in [-0.39, 0.29) is 23.7 Å². The Bertz CT molecular complexity index is 441. The summed E-state index contributed by atoms with van der Waals surface area (Å²) in [6.45, 7) is 3.79. The number of rotatable bonds is 4. The van der Waals surface area contributed by atoms with Crippen LogP contribution in [0.5, 0.6) is 0 Å². The van der Waals surface area contributed by atoms with Crippen molar-refractivity contribution in [2.24, 2.45) is 5.92 Å². The topological polar surface area (TPSA) is 78.0 Å². The maximum absolute atomic E-state index is 12.0. The van der Waals surface area contributed by atoms with Crippen LogP contribution in [-0.2, 0) is 0 Å². The van der Waals surface area contributed by atoms with Gasteiger partial charge >= 0.3 is 0 Å². The van der Waals surface area contributed by atoms with Gasteiger partial charge in [-0.25, -0.2) is 0 Å². The van der Waals surface area contributed by atoms with Crippen LogP contribution in [0.4, 0.5) is 0 Å². The number of aliphatic hydroxyl groups excluding tert-OH is 1. The molecule has 1 amide bonds. The molecule has 1 fully saturated rings. The highest BCUT2D eigenvalue weighted by molar-refractivity contribution is 6.34. The summed E-state index contributed by atoms with van der Waals surface area (Å²) >= 11 is 5.99. The zero-order chi connectivity index (χ0) is 13.3. The van der Waals surface area contributed by atoms with Gasteiger partial charge in [0, 0.05) is 6.04 Å². The van der Waals surface area contributed by atoms with Crippen molar-refractivity contribution in [2.45, 2.75) is 45.3 Å². The molecule has 5 nitrogen and oxygen atoms in total. The van der Waals surface area contributed by atoms with Crippen LogP contribution in [0.3, 0.4) is 0 Å². The van der Waals surface area contributed by atoms with E-state index in [4.69, 9.17) is 11.6 Å². The number of nitrogens with zero attached hydrogens (tertiary/aromatic N) is 1. The van der Waals surface area contributed by atoms with Crippen LogP contribution in [0, 0.1) is 12.8 Å². The third-order valence-corrected chi connectivity index (χ3v) is 4.03. The smallest absolute Gasteiger partial charge is 0.273 e. The Balaban J connectivity index is 1.99. The first kappa shape index (κ1) is 13.4. The maximum atomic E-state index is 12.0. The monoisotopic (exact) mass is 271 g/mol. The minimum absolute atomic E-state index is 0.0778. The van der Waals surface area contributed by atoms with E-state index < -0.39 is 0 Å². The highest BCUT2D eigenvalue weighted by atomic mass is 35.5. The molecule has 0 aromatic carbocycles. The van der Waals surface area contributed by atoms with E-state index in [1.54, 1.807) is 6.92 Å². The largest absolute Gasteiger partial charge is 0.393 e. The van der Waals surface area contributed by atoms with E-state index in [1.807, 2.05) is 6.92 Å². The van der Waals surface area contributed by atoms with Crippen molar-refractivity contribution in [3.8, 4) is 0 Å². The summed E-state index contributed by atoms with van der Waals surface area (Å²) in [5.74, 6) is 0.102. The molecular formula is C12H18ClN3O2. The van der Waals surface area contributed by atoms with Crippen molar-refractivity contribution >= 4 is 17.5 Å². The highest BCUT2D eigenvalue weighted by Crippen LogP contribution is 2.31. The van der Waals surface area contributed by atoms with Crippen LogP contribution in [0.2, 0.25) is 5.02 Å².